The van der Waals surface area contributed by atoms with Gasteiger partial charge in [-0.25, -0.2) is 9.38 Å². The summed E-state index contributed by atoms with van der Waals surface area (Å²) in [7, 11) is 1.61. The molecule has 2 aromatic carbocycles. The smallest absolute Gasteiger partial charge is 0.193 e. The summed E-state index contributed by atoms with van der Waals surface area (Å²) in [5, 5.41) is 2.96. The van der Waals surface area contributed by atoms with Crippen LogP contribution in [0.4, 0.5) is 10.1 Å². The number of anilines is 1. The van der Waals surface area contributed by atoms with Gasteiger partial charge in [-0.3, -0.25) is 0 Å². The third-order valence-corrected chi connectivity index (χ3v) is 3.42. The second kappa shape index (κ2) is 7.08. The first kappa shape index (κ1) is 15.3. The Bertz CT molecular complexity index is 644. The Morgan fingerprint density at radius 2 is 2.00 bits per heavy atom. The molecule has 0 atom stereocenters. The van der Waals surface area contributed by atoms with Crippen LogP contribution in [0.2, 0.25) is 0 Å². The Labute approximate surface area is 131 Å². The summed E-state index contributed by atoms with van der Waals surface area (Å²) in [6, 6.07) is 12.2. The van der Waals surface area contributed by atoms with Crippen molar-refractivity contribution in [2.24, 2.45) is 10.7 Å². The number of methoxy groups -OCH3 is 1. The number of aliphatic imine (C=N–C) groups is 1. The molecular formula is C15H15BrFN3O. The number of ether oxygens (including phenoxy) is 1. The van der Waals surface area contributed by atoms with Crippen molar-refractivity contribution < 1.29 is 9.13 Å². The molecule has 2 aromatic rings. The minimum atomic E-state index is -0.315. The molecule has 0 unspecified atom stereocenters. The summed E-state index contributed by atoms with van der Waals surface area (Å²) >= 11 is 3.11. The highest BCUT2D eigenvalue weighted by Gasteiger charge is 2.01. The highest BCUT2D eigenvalue weighted by atomic mass is 79.9. The van der Waals surface area contributed by atoms with Crippen molar-refractivity contribution in [1.29, 1.82) is 0 Å². The first-order valence-corrected chi connectivity index (χ1v) is 7.02. The first-order valence-electron chi connectivity index (χ1n) is 6.23. The maximum absolute atomic E-state index is 13.4. The zero-order chi connectivity index (χ0) is 15.2. The van der Waals surface area contributed by atoms with Gasteiger partial charge >= 0.3 is 0 Å². The predicted molar refractivity (Wildman–Crippen MR) is 86.0 cm³/mol. The number of guanidine groups is 1. The molecule has 3 N–H and O–H groups in total. The fourth-order valence-electron chi connectivity index (χ4n) is 1.68. The molecule has 0 spiro atoms. The molecule has 0 aliphatic carbocycles. The lowest BCUT2D eigenvalue weighted by molar-refractivity contribution is 0.415. The van der Waals surface area contributed by atoms with Crippen molar-refractivity contribution in [3.8, 4) is 5.75 Å². The third-order valence-electron chi connectivity index (χ3n) is 2.78. The highest BCUT2D eigenvalue weighted by Crippen LogP contribution is 2.17. The average molecular weight is 352 g/mol. The molecule has 6 heteroatoms. The molecule has 4 nitrogen and oxygen atoms in total. The lowest BCUT2D eigenvalue weighted by Crippen LogP contribution is -2.22. The van der Waals surface area contributed by atoms with E-state index in [1.165, 1.54) is 6.07 Å². The quantitative estimate of drug-likeness (QED) is 0.654. The van der Waals surface area contributed by atoms with E-state index in [2.05, 4.69) is 26.2 Å². The van der Waals surface area contributed by atoms with E-state index in [-0.39, 0.29) is 11.8 Å². The van der Waals surface area contributed by atoms with E-state index in [0.29, 0.717) is 11.0 Å². The van der Waals surface area contributed by atoms with Crippen molar-refractivity contribution in [2.45, 2.75) is 6.54 Å². The molecule has 0 heterocycles. The number of benzene rings is 2. The van der Waals surface area contributed by atoms with Gasteiger partial charge in [0.2, 0.25) is 0 Å². The van der Waals surface area contributed by atoms with Gasteiger partial charge in [0, 0.05) is 5.69 Å². The summed E-state index contributed by atoms with van der Waals surface area (Å²) in [5.41, 5.74) is 7.35. The monoisotopic (exact) mass is 351 g/mol. The summed E-state index contributed by atoms with van der Waals surface area (Å²) in [6.45, 7) is 0.305. The molecule has 110 valence electrons. The molecule has 0 aliphatic heterocycles. The number of hydrogen-bond acceptors (Lipinski definition) is 2. The van der Waals surface area contributed by atoms with Crippen LogP contribution < -0.4 is 15.8 Å². The number of hydrogen-bond donors (Lipinski definition) is 2. The Kier molecular flexibility index (Phi) is 5.16. The summed E-state index contributed by atoms with van der Waals surface area (Å²) < 4.78 is 18.9. The van der Waals surface area contributed by atoms with E-state index in [1.807, 2.05) is 24.3 Å². The van der Waals surface area contributed by atoms with E-state index in [9.17, 15) is 4.39 Å². The van der Waals surface area contributed by atoms with Crippen LogP contribution in [0.25, 0.3) is 0 Å². The minimum absolute atomic E-state index is 0.267. The summed E-state index contributed by atoms with van der Waals surface area (Å²) in [6.07, 6.45) is 0. The number of nitrogens with zero attached hydrogens (tertiary/aromatic N) is 1. The van der Waals surface area contributed by atoms with Gasteiger partial charge in [0.25, 0.3) is 0 Å². The summed E-state index contributed by atoms with van der Waals surface area (Å²) in [4.78, 5) is 4.17. The van der Waals surface area contributed by atoms with Gasteiger partial charge in [0.15, 0.2) is 5.96 Å². The third kappa shape index (κ3) is 4.46. The molecule has 0 saturated carbocycles. The fraction of sp³-hybridized carbons (Fsp3) is 0.133. The van der Waals surface area contributed by atoms with Gasteiger partial charge in [-0.15, -0.1) is 0 Å². The maximum Gasteiger partial charge on any atom is 0.193 e. The lowest BCUT2D eigenvalue weighted by atomic mass is 10.2. The van der Waals surface area contributed by atoms with Crippen LogP contribution in [0, 0.1) is 5.82 Å². The normalized spacial score (nSPS) is 11.3. The van der Waals surface area contributed by atoms with Crippen LogP contribution in [0.3, 0.4) is 0 Å². The minimum Gasteiger partial charge on any atom is -0.497 e. The number of rotatable bonds is 4. The molecule has 0 bridgehead atoms. The number of halogens is 2. The average Bonchev–Trinajstić information content (AvgIpc) is 2.49. The van der Waals surface area contributed by atoms with Crippen LogP contribution in [0.15, 0.2) is 51.9 Å². The SMILES string of the molecule is COc1ccc(NC(N)=NCc2ccc(Br)c(F)c2)cc1. The van der Waals surface area contributed by atoms with Gasteiger partial charge < -0.3 is 15.8 Å². The van der Waals surface area contributed by atoms with Crippen LogP contribution in [-0.4, -0.2) is 13.1 Å². The van der Waals surface area contributed by atoms with Crippen molar-refractivity contribution in [3.05, 3.63) is 58.3 Å². The molecule has 0 aromatic heterocycles. The molecule has 2 rings (SSSR count). The fourth-order valence-corrected chi connectivity index (χ4v) is 1.92. The molecule has 0 aliphatic rings. The highest BCUT2D eigenvalue weighted by molar-refractivity contribution is 9.10. The van der Waals surface area contributed by atoms with Gasteiger partial charge in [0.1, 0.15) is 11.6 Å². The topological polar surface area (TPSA) is 59.6 Å². The molecule has 21 heavy (non-hydrogen) atoms. The first-order chi connectivity index (χ1) is 10.1. The van der Waals surface area contributed by atoms with Crippen molar-refractivity contribution in [1.82, 2.24) is 0 Å². The number of nitrogens with two attached hydrogens (primary N) is 1. The van der Waals surface area contributed by atoms with Crippen molar-refractivity contribution in [2.75, 3.05) is 12.4 Å². The zero-order valence-electron chi connectivity index (χ0n) is 11.4. The Balaban J connectivity index is 1.98. The van der Waals surface area contributed by atoms with Gasteiger partial charge in [-0.05, 0) is 57.9 Å². The second-order valence-corrected chi connectivity index (χ2v) is 5.16. The second-order valence-electron chi connectivity index (χ2n) is 4.30. The van der Waals surface area contributed by atoms with E-state index in [4.69, 9.17) is 10.5 Å². The predicted octanol–water partition coefficient (Wildman–Crippen LogP) is 3.52. The van der Waals surface area contributed by atoms with Crippen LogP contribution in [0.5, 0.6) is 5.75 Å². The molecule has 0 saturated heterocycles. The largest absolute Gasteiger partial charge is 0.497 e. The van der Waals surface area contributed by atoms with Crippen LogP contribution >= 0.6 is 15.9 Å². The van der Waals surface area contributed by atoms with Crippen LogP contribution in [0.1, 0.15) is 5.56 Å². The lowest BCUT2D eigenvalue weighted by Gasteiger charge is -2.07. The van der Waals surface area contributed by atoms with E-state index < -0.39 is 0 Å². The Morgan fingerprint density at radius 1 is 1.29 bits per heavy atom. The molecule has 0 fully saturated rings. The number of nitrogens with one attached hydrogen (secondary N) is 1. The van der Waals surface area contributed by atoms with Gasteiger partial charge in [0.05, 0.1) is 18.1 Å². The van der Waals surface area contributed by atoms with Gasteiger partial charge in [-0.2, -0.15) is 0 Å². The van der Waals surface area contributed by atoms with E-state index in [0.717, 1.165) is 17.0 Å². The van der Waals surface area contributed by atoms with E-state index >= 15 is 0 Å². The van der Waals surface area contributed by atoms with Crippen LogP contribution in [-0.2, 0) is 6.54 Å². The summed E-state index contributed by atoms with van der Waals surface area (Å²) in [5.74, 6) is 0.717. The molecule has 0 radical (unpaired) electrons. The van der Waals surface area contributed by atoms with Crippen molar-refractivity contribution >= 4 is 27.6 Å². The standard InChI is InChI=1S/C15H15BrFN3O/c1-21-12-5-3-11(4-6-12)20-15(18)19-9-10-2-7-13(16)14(17)8-10/h2-8H,9H2,1H3,(H3,18,19,20). The Morgan fingerprint density at radius 3 is 2.62 bits per heavy atom. The Hall–Kier alpha value is -2.08. The van der Waals surface area contributed by atoms with Crippen molar-refractivity contribution in [3.63, 3.8) is 0 Å². The van der Waals surface area contributed by atoms with Gasteiger partial charge in [-0.1, -0.05) is 6.07 Å². The zero-order valence-corrected chi connectivity index (χ0v) is 13.0. The van der Waals surface area contributed by atoms with E-state index in [1.54, 1.807) is 19.2 Å². The maximum atomic E-state index is 13.4. The molecular weight excluding hydrogens is 337 g/mol. The molecule has 0 amide bonds.